The maximum Gasteiger partial charge on any atom is 0.328 e. The minimum Gasteiger partial charge on any atom is -0.327 e. The Morgan fingerprint density at radius 3 is 2.65 bits per heavy atom. The summed E-state index contributed by atoms with van der Waals surface area (Å²) in [6.07, 6.45) is 1.03. The molecule has 17 heavy (non-hydrogen) atoms. The van der Waals surface area contributed by atoms with Gasteiger partial charge in [0.2, 0.25) is 5.91 Å². The van der Waals surface area contributed by atoms with E-state index < -0.39 is 0 Å². The Kier molecular flexibility index (Phi) is 4.22. The van der Waals surface area contributed by atoms with E-state index in [1.54, 1.807) is 6.92 Å². The fourth-order valence-electron chi connectivity index (χ4n) is 1.62. The molecule has 0 bridgehead atoms. The topological polar surface area (TPSA) is 94.0 Å². The van der Waals surface area contributed by atoms with E-state index in [2.05, 4.69) is 36.2 Å². The van der Waals surface area contributed by atoms with Crippen molar-refractivity contribution in [3.05, 3.63) is 5.82 Å². The number of aromatic nitrogens is 2. The number of amides is 1. The summed E-state index contributed by atoms with van der Waals surface area (Å²) in [5.41, 5.74) is 6.00. The average molecular weight is 240 g/mol. The summed E-state index contributed by atoms with van der Waals surface area (Å²) in [7, 11) is 0. The molecular formula is C11H20N4O2. The van der Waals surface area contributed by atoms with Gasteiger partial charge in [-0.2, -0.15) is 4.98 Å². The Balaban J connectivity index is 2.39. The Morgan fingerprint density at radius 2 is 2.18 bits per heavy atom. The summed E-state index contributed by atoms with van der Waals surface area (Å²) in [5, 5.41) is 6.10. The lowest BCUT2D eigenvalue weighted by Gasteiger charge is -2.22. The second-order valence-corrected chi connectivity index (χ2v) is 5.42. The first-order valence-corrected chi connectivity index (χ1v) is 5.62. The fraction of sp³-hybridized carbons (Fsp3) is 0.727. The normalized spacial score (nSPS) is 13.5. The third-order valence-electron chi connectivity index (χ3n) is 2.10. The second-order valence-electron chi connectivity index (χ2n) is 5.42. The van der Waals surface area contributed by atoms with Gasteiger partial charge >= 0.3 is 6.01 Å². The number of rotatable bonds is 4. The molecule has 0 aromatic carbocycles. The van der Waals surface area contributed by atoms with Crippen LogP contribution in [0.3, 0.4) is 0 Å². The van der Waals surface area contributed by atoms with E-state index >= 15 is 0 Å². The van der Waals surface area contributed by atoms with Gasteiger partial charge in [0.25, 0.3) is 0 Å². The predicted octanol–water partition coefficient (Wildman–Crippen LogP) is 1.47. The molecule has 3 N–H and O–H groups in total. The lowest BCUT2D eigenvalue weighted by molar-refractivity contribution is -0.116. The molecule has 1 aromatic heterocycles. The van der Waals surface area contributed by atoms with Crippen LogP contribution in [-0.2, 0) is 4.79 Å². The van der Waals surface area contributed by atoms with Crippen LogP contribution in [0.4, 0.5) is 6.01 Å². The molecular weight excluding hydrogens is 220 g/mol. The first-order chi connectivity index (χ1) is 7.76. The van der Waals surface area contributed by atoms with Crippen LogP contribution in [0.1, 0.15) is 39.4 Å². The van der Waals surface area contributed by atoms with Gasteiger partial charge in [0.1, 0.15) is 0 Å². The predicted molar refractivity (Wildman–Crippen MR) is 64.3 cm³/mol. The lowest BCUT2D eigenvalue weighted by Crippen LogP contribution is -2.31. The van der Waals surface area contributed by atoms with Crippen molar-refractivity contribution in [2.45, 2.75) is 46.6 Å². The quantitative estimate of drug-likeness (QED) is 0.831. The van der Waals surface area contributed by atoms with Crippen LogP contribution in [-0.4, -0.2) is 22.1 Å². The molecule has 1 unspecified atom stereocenters. The van der Waals surface area contributed by atoms with E-state index in [0.717, 1.165) is 6.42 Å². The van der Waals surface area contributed by atoms with E-state index in [4.69, 9.17) is 10.3 Å². The first kappa shape index (κ1) is 13.6. The molecule has 6 nitrogen and oxygen atoms in total. The lowest BCUT2D eigenvalue weighted by atomic mass is 9.87. The summed E-state index contributed by atoms with van der Waals surface area (Å²) in [6.45, 7) is 7.95. The zero-order valence-electron chi connectivity index (χ0n) is 10.8. The molecule has 6 heteroatoms. The second kappa shape index (κ2) is 5.27. The molecule has 1 atom stereocenters. The van der Waals surface area contributed by atoms with Crippen molar-refractivity contribution in [2.24, 2.45) is 11.1 Å². The zero-order valence-corrected chi connectivity index (χ0v) is 10.8. The highest BCUT2D eigenvalue weighted by Crippen LogP contribution is 2.21. The largest absolute Gasteiger partial charge is 0.328 e. The minimum atomic E-state index is -0.203. The van der Waals surface area contributed by atoms with Crippen molar-refractivity contribution in [1.29, 1.82) is 0 Å². The molecule has 0 saturated carbocycles. The van der Waals surface area contributed by atoms with Gasteiger partial charge in [0.15, 0.2) is 5.82 Å². The molecule has 0 saturated heterocycles. The Bertz CT molecular complexity index is 381. The molecule has 1 amide bonds. The third kappa shape index (κ3) is 5.44. The van der Waals surface area contributed by atoms with Crippen LogP contribution >= 0.6 is 0 Å². The summed E-state index contributed by atoms with van der Waals surface area (Å²) >= 11 is 0. The van der Waals surface area contributed by atoms with Gasteiger partial charge in [-0.15, -0.1) is 0 Å². The molecule has 1 heterocycles. The first-order valence-electron chi connectivity index (χ1n) is 5.62. The molecule has 0 aliphatic rings. The van der Waals surface area contributed by atoms with E-state index in [9.17, 15) is 4.79 Å². The third-order valence-corrected chi connectivity index (χ3v) is 2.10. The van der Waals surface area contributed by atoms with E-state index in [1.807, 2.05) is 0 Å². The van der Waals surface area contributed by atoms with Gasteiger partial charge in [-0.1, -0.05) is 25.9 Å². The number of hydrogen-bond acceptors (Lipinski definition) is 5. The summed E-state index contributed by atoms with van der Waals surface area (Å²) in [6, 6.07) is -0.0468. The van der Waals surface area contributed by atoms with Crippen LogP contribution in [0.5, 0.6) is 0 Å². The van der Waals surface area contributed by atoms with Crippen molar-refractivity contribution < 1.29 is 9.32 Å². The van der Waals surface area contributed by atoms with Crippen LogP contribution in [0.25, 0.3) is 0 Å². The highest BCUT2D eigenvalue weighted by Gasteiger charge is 2.19. The molecule has 0 spiro atoms. The van der Waals surface area contributed by atoms with Crippen LogP contribution < -0.4 is 11.1 Å². The monoisotopic (exact) mass is 240 g/mol. The van der Waals surface area contributed by atoms with Gasteiger partial charge in [-0.3, -0.25) is 10.1 Å². The van der Waals surface area contributed by atoms with Crippen molar-refractivity contribution in [3.8, 4) is 0 Å². The molecule has 1 aromatic rings. The van der Waals surface area contributed by atoms with Gasteiger partial charge in [0.05, 0.1) is 0 Å². The molecule has 0 radical (unpaired) electrons. The van der Waals surface area contributed by atoms with Crippen molar-refractivity contribution in [1.82, 2.24) is 10.1 Å². The average Bonchev–Trinajstić information content (AvgIpc) is 2.46. The van der Waals surface area contributed by atoms with Gasteiger partial charge in [0, 0.05) is 12.5 Å². The SMILES string of the molecule is Cc1noc(NC(=O)CC(N)CC(C)(C)C)n1. The van der Waals surface area contributed by atoms with Crippen molar-refractivity contribution in [3.63, 3.8) is 0 Å². The molecule has 1 rings (SSSR count). The summed E-state index contributed by atoms with van der Waals surface area (Å²) < 4.78 is 4.78. The number of carbonyl (C=O) groups is 1. The van der Waals surface area contributed by atoms with Crippen molar-refractivity contribution in [2.75, 3.05) is 5.32 Å². The van der Waals surface area contributed by atoms with Crippen LogP contribution in [0.2, 0.25) is 0 Å². The summed E-state index contributed by atoms with van der Waals surface area (Å²) in [5.74, 6) is 0.282. The van der Waals surface area contributed by atoms with Gasteiger partial charge < -0.3 is 10.3 Å². The minimum absolute atomic E-state index is 0.112. The van der Waals surface area contributed by atoms with E-state index in [-0.39, 0.29) is 29.8 Å². The molecule has 96 valence electrons. The zero-order chi connectivity index (χ0) is 13.1. The number of nitrogens with two attached hydrogens (primary N) is 1. The van der Waals surface area contributed by atoms with Crippen LogP contribution in [0, 0.1) is 12.3 Å². The Labute approximate surface area is 101 Å². The fourth-order valence-corrected chi connectivity index (χ4v) is 1.62. The van der Waals surface area contributed by atoms with E-state index in [0.29, 0.717) is 5.82 Å². The summed E-state index contributed by atoms with van der Waals surface area (Å²) in [4.78, 5) is 15.5. The number of aryl methyl sites for hydroxylation is 1. The maximum atomic E-state index is 11.6. The smallest absolute Gasteiger partial charge is 0.327 e. The number of nitrogens with zero attached hydrogens (tertiary/aromatic N) is 2. The molecule has 0 fully saturated rings. The molecule has 0 aliphatic carbocycles. The highest BCUT2D eigenvalue weighted by molar-refractivity contribution is 5.88. The number of anilines is 1. The maximum absolute atomic E-state index is 11.6. The Hall–Kier alpha value is -1.43. The Morgan fingerprint density at radius 1 is 1.53 bits per heavy atom. The van der Waals surface area contributed by atoms with Gasteiger partial charge in [-0.05, 0) is 18.8 Å². The van der Waals surface area contributed by atoms with E-state index in [1.165, 1.54) is 0 Å². The number of carbonyl (C=O) groups excluding carboxylic acids is 1. The highest BCUT2D eigenvalue weighted by atomic mass is 16.5. The number of nitrogens with one attached hydrogen (secondary N) is 1. The molecule has 0 aliphatic heterocycles. The van der Waals surface area contributed by atoms with Crippen LogP contribution in [0.15, 0.2) is 4.52 Å². The standard InChI is InChI=1S/C11H20N4O2/c1-7-13-10(17-15-7)14-9(16)5-8(12)6-11(2,3)4/h8H,5-6,12H2,1-4H3,(H,13,14,15,16). The van der Waals surface area contributed by atoms with Gasteiger partial charge in [-0.25, -0.2) is 0 Å². The van der Waals surface area contributed by atoms with Crippen molar-refractivity contribution >= 4 is 11.9 Å². The number of hydrogen-bond donors (Lipinski definition) is 2.